The number of ether oxygens (including phenoxy) is 2. The van der Waals surface area contributed by atoms with Crippen LogP contribution in [0.2, 0.25) is 0 Å². The van der Waals surface area contributed by atoms with Gasteiger partial charge in [0, 0.05) is 18.7 Å². The number of nitrogens with two attached hydrogens (primary N) is 2. The summed E-state index contributed by atoms with van der Waals surface area (Å²) >= 11 is 1.24. The fourth-order valence-corrected chi connectivity index (χ4v) is 4.38. The van der Waals surface area contributed by atoms with Crippen LogP contribution in [0.1, 0.15) is 49.0 Å². The van der Waals surface area contributed by atoms with Crippen LogP contribution in [-0.2, 0) is 4.74 Å². The molecule has 0 bridgehead atoms. The van der Waals surface area contributed by atoms with Crippen LogP contribution in [0.3, 0.4) is 0 Å². The fraction of sp³-hybridized carbons (Fsp3) is 0.478. The van der Waals surface area contributed by atoms with E-state index in [1.165, 1.54) is 11.3 Å². The predicted octanol–water partition coefficient (Wildman–Crippen LogP) is 3.56. The number of benzene rings is 1. The predicted molar refractivity (Wildman–Crippen MR) is 128 cm³/mol. The molecule has 4 N–H and O–H groups in total. The van der Waals surface area contributed by atoms with E-state index < -0.39 is 11.5 Å². The molecule has 1 aromatic carbocycles. The molecule has 33 heavy (non-hydrogen) atoms. The minimum atomic E-state index is -0.499. The van der Waals surface area contributed by atoms with Crippen LogP contribution >= 0.6 is 11.3 Å². The van der Waals surface area contributed by atoms with E-state index in [2.05, 4.69) is 9.98 Å². The van der Waals surface area contributed by atoms with Gasteiger partial charge < -0.3 is 25.8 Å². The average molecular weight is 474 g/mol. The molecule has 1 saturated heterocycles. The van der Waals surface area contributed by atoms with E-state index in [1.54, 1.807) is 11.8 Å². The van der Waals surface area contributed by atoms with Crippen molar-refractivity contribution >= 4 is 29.3 Å². The zero-order valence-electron chi connectivity index (χ0n) is 19.5. The van der Waals surface area contributed by atoms with Gasteiger partial charge in [-0.15, -0.1) is 11.3 Å². The largest absolute Gasteiger partial charge is 0.493 e. The van der Waals surface area contributed by atoms with E-state index in [0.717, 1.165) is 24.2 Å². The monoisotopic (exact) mass is 473 g/mol. The molecule has 1 fully saturated rings. The van der Waals surface area contributed by atoms with Gasteiger partial charge in [-0.2, -0.15) is 4.99 Å². The lowest BCUT2D eigenvalue weighted by Crippen LogP contribution is -2.42. The number of nitrogens with zero attached hydrogens (tertiary/aromatic N) is 3. The van der Waals surface area contributed by atoms with Crippen LogP contribution in [0.15, 0.2) is 29.3 Å². The second kappa shape index (κ2) is 10.2. The number of aryl methyl sites for hydroxylation is 1. The molecule has 1 aliphatic heterocycles. The second-order valence-corrected chi connectivity index (χ2v) is 10.0. The Morgan fingerprint density at radius 3 is 2.58 bits per heavy atom. The Hall–Kier alpha value is -3.14. The number of likely N-dealkylation sites (tertiary alicyclic amines) is 1. The van der Waals surface area contributed by atoms with E-state index >= 15 is 0 Å². The number of hydrogen-bond donors (Lipinski definition) is 2. The number of piperidine rings is 1. The summed E-state index contributed by atoms with van der Waals surface area (Å²) in [5.41, 5.74) is 11.6. The highest BCUT2D eigenvalue weighted by Crippen LogP contribution is 2.31. The van der Waals surface area contributed by atoms with Gasteiger partial charge in [0.05, 0.1) is 12.3 Å². The Balaban J connectivity index is 1.57. The highest BCUT2D eigenvalue weighted by molar-refractivity contribution is 7.17. The van der Waals surface area contributed by atoms with E-state index in [0.29, 0.717) is 41.2 Å². The van der Waals surface area contributed by atoms with E-state index in [-0.39, 0.29) is 12.1 Å². The maximum absolute atomic E-state index is 12.2. The molecule has 9 nitrogen and oxygen atoms in total. The number of aliphatic imine (C=N–C) groups is 1. The molecule has 0 spiro atoms. The Kier molecular flexibility index (Phi) is 7.57. The summed E-state index contributed by atoms with van der Waals surface area (Å²) in [6.45, 7) is 9.25. The van der Waals surface area contributed by atoms with Gasteiger partial charge in [-0.1, -0.05) is 12.1 Å². The molecule has 178 valence electrons. The molecule has 1 aliphatic rings. The van der Waals surface area contributed by atoms with Crippen molar-refractivity contribution in [2.75, 3.05) is 19.7 Å². The first-order chi connectivity index (χ1) is 15.5. The van der Waals surface area contributed by atoms with Gasteiger partial charge in [0.1, 0.15) is 21.2 Å². The molecule has 10 heteroatoms. The van der Waals surface area contributed by atoms with Crippen molar-refractivity contribution < 1.29 is 19.1 Å². The van der Waals surface area contributed by atoms with Crippen LogP contribution in [0.5, 0.6) is 5.75 Å². The third-order valence-corrected chi connectivity index (χ3v) is 6.25. The van der Waals surface area contributed by atoms with Crippen molar-refractivity contribution in [3.05, 3.63) is 34.8 Å². The lowest BCUT2D eigenvalue weighted by Gasteiger charge is -2.33. The zero-order chi connectivity index (χ0) is 24.2. The summed E-state index contributed by atoms with van der Waals surface area (Å²) in [5, 5.41) is 0.692. The van der Waals surface area contributed by atoms with Gasteiger partial charge in [-0.3, -0.25) is 4.79 Å². The molecule has 0 unspecified atom stereocenters. The van der Waals surface area contributed by atoms with Gasteiger partial charge in [0.25, 0.3) is 5.91 Å². The minimum absolute atomic E-state index is 0.258. The summed E-state index contributed by atoms with van der Waals surface area (Å²) < 4.78 is 11.5. The lowest BCUT2D eigenvalue weighted by atomic mass is 9.98. The maximum atomic E-state index is 12.2. The molecule has 3 rings (SSSR count). The minimum Gasteiger partial charge on any atom is -0.493 e. The molecule has 2 heterocycles. The zero-order valence-corrected chi connectivity index (χ0v) is 20.3. The van der Waals surface area contributed by atoms with Crippen molar-refractivity contribution in [1.82, 2.24) is 9.88 Å². The molecular formula is C23H31N5O4S. The second-order valence-electron chi connectivity index (χ2n) is 9.02. The number of guanidine groups is 1. The van der Waals surface area contributed by atoms with Crippen LogP contribution < -0.4 is 16.2 Å². The number of hydrogen-bond acceptors (Lipinski definition) is 6. The Labute approximate surface area is 197 Å². The van der Waals surface area contributed by atoms with Crippen molar-refractivity contribution in [3.8, 4) is 16.3 Å². The third kappa shape index (κ3) is 6.92. The quantitative estimate of drug-likeness (QED) is 0.501. The number of rotatable bonds is 5. The Morgan fingerprint density at radius 2 is 1.94 bits per heavy atom. The summed E-state index contributed by atoms with van der Waals surface area (Å²) in [5.74, 6) is 0.313. The Bertz CT molecular complexity index is 1030. The summed E-state index contributed by atoms with van der Waals surface area (Å²) in [4.78, 5) is 34.6. The third-order valence-electron chi connectivity index (χ3n) is 5.05. The van der Waals surface area contributed by atoms with Crippen molar-refractivity contribution in [2.45, 2.75) is 46.1 Å². The first-order valence-corrected chi connectivity index (χ1v) is 11.7. The number of aromatic nitrogens is 1. The molecule has 1 aromatic heterocycles. The van der Waals surface area contributed by atoms with Crippen molar-refractivity contribution in [1.29, 1.82) is 0 Å². The first kappa shape index (κ1) is 24.5. The van der Waals surface area contributed by atoms with Crippen LogP contribution in [0, 0.1) is 12.8 Å². The van der Waals surface area contributed by atoms with Crippen LogP contribution in [0.4, 0.5) is 4.79 Å². The molecule has 2 aromatic rings. The summed E-state index contributed by atoms with van der Waals surface area (Å²) in [6.07, 6.45) is 1.47. The number of thiazole rings is 1. The van der Waals surface area contributed by atoms with E-state index in [9.17, 15) is 9.59 Å². The van der Waals surface area contributed by atoms with Gasteiger partial charge in [-0.25, -0.2) is 9.78 Å². The molecular weight excluding hydrogens is 442 g/mol. The standard InChI is InChI=1S/C23H31N5O4S/c1-14-18(19(29)27-21(24)25)33-20(26-14)16-6-5-7-17(12-16)31-13-15-8-10-28(11-9-15)22(30)32-23(2,3)4/h5-7,12,15H,8-11,13H2,1-4H3,(H4,24,25,27,29). The molecule has 0 radical (unpaired) electrons. The van der Waals surface area contributed by atoms with Crippen LogP contribution in [0.25, 0.3) is 10.6 Å². The Morgan fingerprint density at radius 1 is 1.24 bits per heavy atom. The van der Waals surface area contributed by atoms with Gasteiger partial charge in [-0.05, 0) is 58.6 Å². The topological polar surface area (TPSA) is 133 Å². The maximum Gasteiger partial charge on any atom is 0.410 e. The van der Waals surface area contributed by atoms with Crippen molar-refractivity contribution in [3.63, 3.8) is 0 Å². The number of carbonyl (C=O) groups is 2. The van der Waals surface area contributed by atoms with Gasteiger partial charge in [0.2, 0.25) is 0 Å². The summed E-state index contributed by atoms with van der Waals surface area (Å²) in [6, 6.07) is 7.61. The molecule has 0 aliphatic carbocycles. The smallest absolute Gasteiger partial charge is 0.410 e. The molecule has 0 atom stereocenters. The van der Waals surface area contributed by atoms with E-state index in [1.807, 2.05) is 45.0 Å². The highest BCUT2D eigenvalue weighted by Gasteiger charge is 2.27. The van der Waals surface area contributed by atoms with E-state index in [4.69, 9.17) is 20.9 Å². The molecule has 0 saturated carbocycles. The van der Waals surface area contributed by atoms with Gasteiger partial charge >= 0.3 is 6.09 Å². The summed E-state index contributed by atoms with van der Waals surface area (Å²) in [7, 11) is 0. The average Bonchev–Trinajstić information content (AvgIpc) is 3.13. The fourth-order valence-electron chi connectivity index (χ4n) is 3.43. The SMILES string of the molecule is Cc1nc(-c2cccc(OCC3CCN(C(=O)OC(C)(C)C)CC3)c2)sc1C(=O)N=C(N)N. The van der Waals surface area contributed by atoms with Crippen LogP contribution in [-0.4, -0.2) is 53.1 Å². The first-order valence-electron chi connectivity index (χ1n) is 10.8. The van der Waals surface area contributed by atoms with Gasteiger partial charge in [0.15, 0.2) is 5.96 Å². The molecule has 2 amide bonds. The number of carbonyl (C=O) groups excluding carboxylic acids is 2. The lowest BCUT2D eigenvalue weighted by molar-refractivity contribution is 0.0165. The number of amides is 2. The normalized spacial score (nSPS) is 14.6. The van der Waals surface area contributed by atoms with Crippen molar-refractivity contribution in [2.24, 2.45) is 22.4 Å². The highest BCUT2D eigenvalue weighted by atomic mass is 32.1.